The molecule has 0 aromatic heterocycles. The molecule has 13 nitrogen and oxygen atoms in total. The Hall–Kier alpha value is -3.33. The van der Waals surface area contributed by atoms with Crippen molar-refractivity contribution in [3.8, 4) is 0 Å². The topological polar surface area (TPSA) is 151 Å². The smallest absolute Gasteiger partial charge is 0.340 e. The maximum absolute atomic E-state index is 13.5. The fourth-order valence-electron chi connectivity index (χ4n) is 6.81. The fraction of sp³-hybridized carbons (Fsp3) is 0.667. The molecule has 0 bridgehead atoms. The Labute approximate surface area is 308 Å². The molecule has 1 fully saturated rings. The standard InChI is InChI=1S/C39H60N2O11/c1-12-47-31(43)19-18-29(23-42)40-22-24(2)21-39(8,46-11)34(26(4)32-27(5)35(44)52-38(6,7)51-32)50-37-33(30(41(9)10)20-25(3)48-37)49-36(45)28-16-14-13-15-17-28/h13-19,24-26,29-30,33-34,37,40,42H,12,20-23H2,1-11H3/b19-18+/t24?,25-,26?,29?,30+,33-,34?,37+,39?/m1/s1. The van der Waals surface area contributed by atoms with Crippen molar-refractivity contribution in [2.24, 2.45) is 11.8 Å². The van der Waals surface area contributed by atoms with E-state index in [1.165, 1.54) is 6.08 Å². The molecule has 2 aliphatic heterocycles. The maximum Gasteiger partial charge on any atom is 0.340 e. The molecule has 292 valence electrons. The quantitative estimate of drug-likeness (QED) is 0.125. The third-order valence-electron chi connectivity index (χ3n) is 9.52. The van der Waals surface area contributed by atoms with Crippen LogP contribution in [0.1, 0.15) is 78.6 Å². The van der Waals surface area contributed by atoms with Crippen LogP contribution in [0.5, 0.6) is 0 Å². The number of benzene rings is 1. The lowest BCUT2D eigenvalue weighted by Crippen LogP contribution is -2.59. The minimum Gasteiger partial charge on any atom is -0.463 e. The third kappa shape index (κ3) is 11.6. The van der Waals surface area contributed by atoms with E-state index in [1.54, 1.807) is 65.1 Å². The monoisotopic (exact) mass is 732 g/mol. The van der Waals surface area contributed by atoms with Crippen LogP contribution in [0, 0.1) is 11.8 Å². The van der Waals surface area contributed by atoms with E-state index in [0.717, 1.165) is 0 Å². The molecule has 1 saturated heterocycles. The molecule has 2 N–H and O–H groups in total. The van der Waals surface area contributed by atoms with Crippen LogP contribution in [-0.4, -0.2) is 117 Å². The number of methoxy groups -OCH3 is 1. The molecular formula is C39H60N2O11. The summed E-state index contributed by atoms with van der Waals surface area (Å²) in [5.74, 6) is -2.93. The van der Waals surface area contributed by atoms with Gasteiger partial charge >= 0.3 is 17.9 Å². The first-order valence-electron chi connectivity index (χ1n) is 18.1. The van der Waals surface area contributed by atoms with E-state index in [9.17, 15) is 19.5 Å². The Morgan fingerprint density at radius 3 is 2.44 bits per heavy atom. The van der Waals surface area contributed by atoms with Gasteiger partial charge in [0.2, 0.25) is 5.79 Å². The largest absolute Gasteiger partial charge is 0.463 e. The first-order valence-corrected chi connectivity index (χ1v) is 18.1. The number of carbonyl (C=O) groups excluding carboxylic acids is 3. The predicted molar refractivity (Wildman–Crippen MR) is 194 cm³/mol. The summed E-state index contributed by atoms with van der Waals surface area (Å²) in [7, 11) is 5.45. The highest BCUT2D eigenvalue weighted by Gasteiger charge is 2.50. The number of ether oxygens (including phenoxy) is 7. The van der Waals surface area contributed by atoms with E-state index in [-0.39, 0.29) is 31.3 Å². The van der Waals surface area contributed by atoms with Crippen LogP contribution in [-0.2, 0) is 42.7 Å². The van der Waals surface area contributed by atoms with Gasteiger partial charge in [0.05, 0.1) is 48.2 Å². The normalized spacial score (nSPS) is 25.4. The summed E-state index contributed by atoms with van der Waals surface area (Å²) in [6, 6.07) is 8.05. The van der Waals surface area contributed by atoms with Crippen molar-refractivity contribution >= 4 is 17.9 Å². The van der Waals surface area contributed by atoms with E-state index < -0.39 is 59.8 Å². The van der Waals surface area contributed by atoms with Crippen LogP contribution >= 0.6 is 0 Å². The summed E-state index contributed by atoms with van der Waals surface area (Å²) in [6.45, 7) is 15.0. The van der Waals surface area contributed by atoms with Gasteiger partial charge in [-0.25, -0.2) is 14.4 Å². The minimum atomic E-state index is -1.22. The molecule has 52 heavy (non-hydrogen) atoms. The molecule has 1 aromatic rings. The van der Waals surface area contributed by atoms with Gasteiger partial charge < -0.3 is 48.5 Å². The second kappa shape index (κ2) is 19.1. The fourth-order valence-corrected chi connectivity index (χ4v) is 6.81. The zero-order chi connectivity index (χ0) is 38.8. The predicted octanol–water partition coefficient (Wildman–Crippen LogP) is 4.38. The second-order valence-corrected chi connectivity index (χ2v) is 14.7. The van der Waals surface area contributed by atoms with E-state index in [2.05, 4.69) is 5.32 Å². The molecule has 0 aliphatic carbocycles. The lowest BCUT2D eigenvalue weighted by molar-refractivity contribution is -0.298. The third-order valence-corrected chi connectivity index (χ3v) is 9.52. The molecule has 1 aromatic carbocycles. The van der Waals surface area contributed by atoms with Gasteiger partial charge in [0.1, 0.15) is 5.76 Å². The highest BCUT2D eigenvalue weighted by atomic mass is 16.7. The molecule has 13 heteroatoms. The van der Waals surface area contributed by atoms with Crippen molar-refractivity contribution < 1.29 is 52.6 Å². The summed E-state index contributed by atoms with van der Waals surface area (Å²) >= 11 is 0. The number of hydrogen-bond donors (Lipinski definition) is 2. The number of rotatable bonds is 18. The summed E-state index contributed by atoms with van der Waals surface area (Å²) in [4.78, 5) is 40.4. The number of esters is 3. The van der Waals surface area contributed by atoms with Crippen molar-refractivity contribution in [3.05, 3.63) is 59.4 Å². The van der Waals surface area contributed by atoms with Crippen LogP contribution in [0.25, 0.3) is 0 Å². The molecule has 0 amide bonds. The highest BCUT2D eigenvalue weighted by molar-refractivity contribution is 5.90. The van der Waals surface area contributed by atoms with Gasteiger partial charge in [-0.3, -0.25) is 0 Å². The summed E-state index contributed by atoms with van der Waals surface area (Å²) < 4.78 is 42.8. The molecule has 5 unspecified atom stereocenters. The Morgan fingerprint density at radius 2 is 1.85 bits per heavy atom. The highest BCUT2D eigenvalue weighted by Crippen LogP contribution is 2.41. The van der Waals surface area contributed by atoms with Gasteiger partial charge in [0.25, 0.3) is 0 Å². The summed E-state index contributed by atoms with van der Waals surface area (Å²) in [5, 5.41) is 13.3. The summed E-state index contributed by atoms with van der Waals surface area (Å²) in [5.41, 5.74) is -0.311. The number of aliphatic hydroxyl groups is 1. The Kier molecular flexibility index (Phi) is 15.8. The molecule has 0 spiro atoms. The van der Waals surface area contributed by atoms with Crippen molar-refractivity contribution in [1.82, 2.24) is 10.2 Å². The Bertz CT molecular complexity index is 1400. The van der Waals surface area contributed by atoms with E-state index >= 15 is 0 Å². The zero-order valence-corrected chi connectivity index (χ0v) is 32.7. The molecular weight excluding hydrogens is 672 g/mol. The average Bonchev–Trinajstić information content (AvgIpc) is 3.09. The average molecular weight is 733 g/mol. The van der Waals surface area contributed by atoms with E-state index in [0.29, 0.717) is 36.3 Å². The maximum atomic E-state index is 13.5. The first kappa shape index (κ1) is 43.1. The lowest BCUT2D eigenvalue weighted by Gasteiger charge is -2.48. The number of nitrogens with one attached hydrogen (secondary N) is 1. The van der Waals surface area contributed by atoms with Crippen molar-refractivity contribution in [1.29, 1.82) is 0 Å². The number of carbonyl (C=O) groups is 3. The van der Waals surface area contributed by atoms with Crippen LogP contribution in [0.2, 0.25) is 0 Å². The van der Waals surface area contributed by atoms with Gasteiger partial charge in [0.15, 0.2) is 12.4 Å². The molecule has 9 atom stereocenters. The van der Waals surface area contributed by atoms with Crippen molar-refractivity contribution in [2.75, 3.05) is 41.0 Å². The van der Waals surface area contributed by atoms with Gasteiger partial charge in [-0.2, -0.15) is 0 Å². The Balaban J connectivity index is 2.01. The van der Waals surface area contributed by atoms with E-state index in [1.807, 2.05) is 52.8 Å². The van der Waals surface area contributed by atoms with Gasteiger partial charge in [-0.05, 0) is 79.2 Å². The molecule has 2 heterocycles. The number of likely N-dealkylation sites (N-methyl/N-ethyl adjacent to an activating group) is 1. The molecule has 2 aliphatic rings. The summed E-state index contributed by atoms with van der Waals surface area (Å²) in [6.07, 6.45) is 1.02. The number of cyclic esters (lactones) is 1. The van der Waals surface area contributed by atoms with Crippen LogP contribution < -0.4 is 5.32 Å². The number of hydrogen-bond acceptors (Lipinski definition) is 13. The van der Waals surface area contributed by atoms with Gasteiger partial charge in [0, 0.05) is 39.0 Å². The van der Waals surface area contributed by atoms with Gasteiger partial charge in [-0.1, -0.05) is 38.1 Å². The molecule has 0 radical (unpaired) electrons. The van der Waals surface area contributed by atoms with Gasteiger partial charge in [-0.15, -0.1) is 0 Å². The first-order chi connectivity index (χ1) is 24.4. The number of aliphatic hydroxyl groups excluding tert-OH is 1. The lowest BCUT2D eigenvalue weighted by atomic mass is 9.80. The van der Waals surface area contributed by atoms with Crippen molar-refractivity contribution in [2.45, 2.75) is 116 Å². The SMILES string of the molecule is CCOC(=O)/C=C/C(CO)NCC(C)CC(C)(OC)C(O[C@@H]1O[C@H](C)C[C@H](N(C)C)[C@H]1OC(=O)c1ccccc1)C(C)C1=C(C)C(=O)OC(C)(C)O1. The van der Waals surface area contributed by atoms with Crippen LogP contribution in [0.3, 0.4) is 0 Å². The molecule has 3 rings (SSSR count). The number of nitrogens with zero attached hydrogens (tertiary/aromatic N) is 1. The zero-order valence-electron chi connectivity index (χ0n) is 32.7. The minimum absolute atomic E-state index is 0.0514. The van der Waals surface area contributed by atoms with Crippen LogP contribution in [0.15, 0.2) is 53.8 Å². The Morgan fingerprint density at radius 1 is 1.17 bits per heavy atom. The molecule has 0 saturated carbocycles. The second-order valence-electron chi connectivity index (χ2n) is 14.7. The van der Waals surface area contributed by atoms with Crippen LogP contribution in [0.4, 0.5) is 0 Å². The van der Waals surface area contributed by atoms with Crippen molar-refractivity contribution in [3.63, 3.8) is 0 Å². The van der Waals surface area contributed by atoms with E-state index in [4.69, 9.17) is 33.2 Å².